The van der Waals surface area contributed by atoms with Crippen molar-refractivity contribution in [2.75, 3.05) is 7.11 Å². The smallest absolute Gasteiger partial charge is 0.492 e. The molecule has 1 rings (SSSR count). The normalized spacial score (nSPS) is 12.2. The summed E-state index contributed by atoms with van der Waals surface area (Å²) >= 11 is 0. The van der Waals surface area contributed by atoms with Gasteiger partial charge in [0.05, 0.1) is 18.9 Å². The third-order valence-corrected chi connectivity index (χ3v) is 1.85. The number of nitrogens with zero attached hydrogens (tertiary/aromatic N) is 1. The van der Waals surface area contributed by atoms with Crippen molar-refractivity contribution in [1.82, 2.24) is 4.98 Å². The highest BCUT2D eigenvalue weighted by Gasteiger charge is 2.39. The second kappa shape index (κ2) is 4.94. The van der Waals surface area contributed by atoms with Crippen LogP contribution in [0.5, 0.6) is 11.5 Å². The van der Waals surface area contributed by atoms with E-state index in [1.165, 1.54) is 0 Å². The average Bonchev–Trinajstić information content (AvgIpc) is 2.24. The SMILES string of the molecule is COc1c(OC(F)(F)F)cnc(C(F)(F)F)c1C=O. The van der Waals surface area contributed by atoms with Gasteiger partial charge in [-0.2, -0.15) is 13.2 Å². The zero-order chi connectivity index (χ0) is 14.8. The van der Waals surface area contributed by atoms with E-state index < -0.39 is 35.3 Å². The van der Waals surface area contributed by atoms with Crippen LogP contribution in [0.1, 0.15) is 16.1 Å². The lowest BCUT2D eigenvalue weighted by Gasteiger charge is -2.16. The van der Waals surface area contributed by atoms with Crippen molar-refractivity contribution in [3.05, 3.63) is 17.5 Å². The molecule has 1 aromatic rings. The maximum absolute atomic E-state index is 12.5. The van der Waals surface area contributed by atoms with Gasteiger partial charge in [0.2, 0.25) is 0 Å². The number of pyridine rings is 1. The topological polar surface area (TPSA) is 48.4 Å². The number of rotatable bonds is 3. The molecule has 0 fully saturated rings. The van der Waals surface area contributed by atoms with Crippen LogP contribution in [-0.4, -0.2) is 24.7 Å². The largest absolute Gasteiger partial charge is 0.573 e. The Labute approximate surface area is 101 Å². The molecule has 0 atom stereocenters. The molecule has 19 heavy (non-hydrogen) atoms. The number of hydrogen-bond donors (Lipinski definition) is 0. The number of carbonyl (C=O) groups excluding carboxylic acids is 1. The molecule has 0 aliphatic heterocycles. The summed E-state index contributed by atoms with van der Waals surface area (Å²) in [7, 11) is 0.797. The number of aromatic nitrogens is 1. The molecule has 10 heteroatoms. The van der Waals surface area contributed by atoms with E-state index in [0.29, 0.717) is 0 Å². The Bertz CT molecular complexity index is 482. The van der Waals surface area contributed by atoms with Gasteiger partial charge in [-0.3, -0.25) is 4.79 Å². The van der Waals surface area contributed by atoms with Crippen molar-refractivity contribution in [3.63, 3.8) is 0 Å². The number of aldehydes is 1. The van der Waals surface area contributed by atoms with E-state index in [4.69, 9.17) is 0 Å². The Morgan fingerprint density at radius 2 is 1.79 bits per heavy atom. The van der Waals surface area contributed by atoms with E-state index in [9.17, 15) is 31.1 Å². The fourth-order valence-electron chi connectivity index (χ4n) is 1.23. The van der Waals surface area contributed by atoms with Gasteiger partial charge in [0.25, 0.3) is 0 Å². The van der Waals surface area contributed by atoms with Gasteiger partial charge >= 0.3 is 12.5 Å². The van der Waals surface area contributed by atoms with Gasteiger partial charge in [-0.1, -0.05) is 0 Å². The number of carbonyl (C=O) groups is 1. The molecule has 0 saturated carbocycles. The molecule has 0 unspecified atom stereocenters. The lowest BCUT2D eigenvalue weighted by atomic mass is 10.1. The summed E-state index contributed by atoms with van der Waals surface area (Å²) in [5, 5.41) is 0. The number of halogens is 6. The summed E-state index contributed by atoms with van der Waals surface area (Å²) in [4.78, 5) is 13.4. The minimum absolute atomic E-state index is 0.183. The van der Waals surface area contributed by atoms with E-state index >= 15 is 0 Å². The van der Waals surface area contributed by atoms with E-state index in [1.54, 1.807) is 0 Å². The fraction of sp³-hybridized carbons (Fsp3) is 0.333. The van der Waals surface area contributed by atoms with Gasteiger partial charge in [0, 0.05) is 0 Å². The molecule has 1 heterocycles. The van der Waals surface area contributed by atoms with Crippen LogP contribution in [0.15, 0.2) is 6.20 Å². The number of hydrogen-bond acceptors (Lipinski definition) is 4. The minimum atomic E-state index is -5.16. The Kier molecular flexibility index (Phi) is 3.91. The second-order valence-electron chi connectivity index (χ2n) is 3.08. The van der Waals surface area contributed by atoms with Crippen molar-refractivity contribution >= 4 is 6.29 Å². The highest BCUT2D eigenvalue weighted by molar-refractivity contribution is 5.83. The molecule has 0 aliphatic rings. The number of methoxy groups -OCH3 is 1. The molecule has 0 aromatic carbocycles. The first-order chi connectivity index (χ1) is 8.60. The van der Waals surface area contributed by atoms with Crippen LogP contribution in [0, 0.1) is 0 Å². The molecule has 4 nitrogen and oxygen atoms in total. The van der Waals surface area contributed by atoms with Gasteiger partial charge in [0.1, 0.15) is 0 Å². The van der Waals surface area contributed by atoms with E-state index in [0.717, 1.165) is 7.11 Å². The highest BCUT2D eigenvalue weighted by Crippen LogP contribution is 2.39. The number of alkyl halides is 6. The van der Waals surface area contributed by atoms with Gasteiger partial charge in [-0.15, -0.1) is 13.2 Å². The maximum Gasteiger partial charge on any atom is 0.573 e. The maximum atomic E-state index is 12.5. The molecule has 0 radical (unpaired) electrons. The lowest BCUT2D eigenvalue weighted by Crippen LogP contribution is -2.20. The summed E-state index contributed by atoms with van der Waals surface area (Å²) in [5.74, 6) is -2.13. The Morgan fingerprint density at radius 1 is 1.21 bits per heavy atom. The van der Waals surface area contributed by atoms with Crippen LogP contribution < -0.4 is 9.47 Å². The summed E-state index contributed by atoms with van der Waals surface area (Å²) in [6, 6.07) is 0. The third-order valence-electron chi connectivity index (χ3n) is 1.85. The molecular formula is C9H5F6NO3. The van der Waals surface area contributed by atoms with Gasteiger partial charge < -0.3 is 9.47 Å². The predicted molar refractivity (Wildman–Crippen MR) is 47.9 cm³/mol. The molecule has 0 amide bonds. The zero-order valence-electron chi connectivity index (χ0n) is 9.09. The van der Waals surface area contributed by atoms with Crippen LogP contribution in [-0.2, 0) is 6.18 Å². The minimum Gasteiger partial charge on any atom is -0.492 e. The van der Waals surface area contributed by atoms with Crippen LogP contribution in [0.4, 0.5) is 26.3 Å². The van der Waals surface area contributed by atoms with Crippen LogP contribution in [0.25, 0.3) is 0 Å². The molecule has 0 aliphatic carbocycles. The quantitative estimate of drug-likeness (QED) is 0.634. The predicted octanol–water partition coefficient (Wildman–Crippen LogP) is 2.82. The first-order valence-corrected chi connectivity index (χ1v) is 4.45. The Balaban J connectivity index is 3.43. The molecular weight excluding hydrogens is 284 g/mol. The molecule has 0 N–H and O–H groups in total. The summed E-state index contributed by atoms with van der Waals surface area (Å²) in [6.45, 7) is 0. The lowest BCUT2D eigenvalue weighted by molar-refractivity contribution is -0.275. The van der Waals surface area contributed by atoms with E-state index in [-0.39, 0.29) is 12.5 Å². The van der Waals surface area contributed by atoms with Gasteiger partial charge in [-0.05, 0) is 0 Å². The molecule has 0 spiro atoms. The standard InChI is InChI=1S/C9H5F6NO3/c1-18-6-4(3-17)7(8(10,11)12)16-2-5(6)19-9(13,14)15/h2-3H,1H3. The second-order valence-corrected chi connectivity index (χ2v) is 3.08. The van der Waals surface area contributed by atoms with Crippen molar-refractivity contribution in [2.45, 2.75) is 12.5 Å². The van der Waals surface area contributed by atoms with Crippen molar-refractivity contribution in [2.24, 2.45) is 0 Å². The summed E-state index contributed by atoms with van der Waals surface area (Å²) in [6.07, 6.45) is -10.3. The molecule has 0 saturated heterocycles. The van der Waals surface area contributed by atoms with E-state index in [1.807, 2.05) is 0 Å². The van der Waals surface area contributed by atoms with Crippen molar-refractivity contribution in [3.8, 4) is 11.5 Å². The number of ether oxygens (including phenoxy) is 2. The fourth-order valence-corrected chi connectivity index (χ4v) is 1.23. The Morgan fingerprint density at radius 3 is 2.16 bits per heavy atom. The van der Waals surface area contributed by atoms with Crippen molar-refractivity contribution < 1.29 is 40.6 Å². The summed E-state index contributed by atoms with van der Waals surface area (Å²) in [5.41, 5.74) is -2.83. The summed E-state index contributed by atoms with van der Waals surface area (Å²) < 4.78 is 81.3. The Hall–Kier alpha value is -2.00. The zero-order valence-corrected chi connectivity index (χ0v) is 9.09. The molecule has 0 bridgehead atoms. The van der Waals surface area contributed by atoms with E-state index in [2.05, 4.69) is 14.5 Å². The first kappa shape index (κ1) is 15.1. The average molecular weight is 289 g/mol. The van der Waals surface area contributed by atoms with Crippen LogP contribution in [0.3, 0.4) is 0 Å². The highest BCUT2D eigenvalue weighted by atomic mass is 19.4. The van der Waals surface area contributed by atoms with Gasteiger partial charge in [-0.25, -0.2) is 4.98 Å². The van der Waals surface area contributed by atoms with Crippen molar-refractivity contribution in [1.29, 1.82) is 0 Å². The van der Waals surface area contributed by atoms with Crippen LogP contribution >= 0.6 is 0 Å². The third kappa shape index (κ3) is 3.48. The monoisotopic (exact) mass is 289 g/mol. The molecule has 106 valence electrons. The van der Waals surface area contributed by atoms with Gasteiger partial charge in [0.15, 0.2) is 23.5 Å². The molecule has 1 aromatic heterocycles. The first-order valence-electron chi connectivity index (χ1n) is 4.45. The van der Waals surface area contributed by atoms with Crippen LogP contribution in [0.2, 0.25) is 0 Å².